The maximum atomic E-state index is 12.3. The predicted molar refractivity (Wildman–Crippen MR) is 116 cm³/mol. The molecule has 2 aromatic heterocycles. The van der Waals surface area contributed by atoms with Crippen LogP contribution < -0.4 is 0 Å². The van der Waals surface area contributed by atoms with Crippen molar-refractivity contribution in [2.75, 3.05) is 20.7 Å². The van der Waals surface area contributed by atoms with Gasteiger partial charge in [0.1, 0.15) is 5.69 Å². The highest BCUT2D eigenvalue weighted by atomic mass is 16.5. The van der Waals surface area contributed by atoms with E-state index < -0.39 is 0 Å². The number of esters is 1. The number of nitrogens with zero attached hydrogens (tertiary/aromatic N) is 4. The topological polar surface area (TPSA) is 76.8 Å². The number of hydrogen-bond acceptors (Lipinski definition) is 5. The number of amides is 1. The van der Waals surface area contributed by atoms with Crippen LogP contribution in [0.4, 0.5) is 0 Å². The fourth-order valence-corrected chi connectivity index (χ4v) is 3.21. The summed E-state index contributed by atoms with van der Waals surface area (Å²) in [5.41, 5.74) is 6.07. The molecule has 0 atom stereocenters. The van der Waals surface area contributed by atoms with Gasteiger partial charge in [-0.2, -0.15) is 5.10 Å². The summed E-state index contributed by atoms with van der Waals surface area (Å²) in [5, 5.41) is 4.67. The number of fused-ring (bicyclic) bond motifs is 1. The van der Waals surface area contributed by atoms with Gasteiger partial charge in [-0.3, -0.25) is 4.79 Å². The number of carbonyl (C=O) groups is 2. The second kappa shape index (κ2) is 8.49. The van der Waals surface area contributed by atoms with Crippen molar-refractivity contribution in [3.8, 4) is 11.3 Å². The lowest BCUT2D eigenvalue weighted by molar-refractivity contribution is -0.138. The predicted octanol–water partition coefficient (Wildman–Crippen LogP) is 3.68. The summed E-state index contributed by atoms with van der Waals surface area (Å²) < 4.78 is 6.77. The molecule has 0 aliphatic carbocycles. The molecule has 0 aliphatic heterocycles. The second-order valence-corrected chi connectivity index (χ2v) is 7.40. The van der Waals surface area contributed by atoms with Crippen LogP contribution in [0, 0.1) is 13.8 Å². The zero-order valence-electron chi connectivity index (χ0n) is 18.2. The Balaban J connectivity index is 1.98. The quantitative estimate of drug-likeness (QED) is 0.477. The number of carbonyl (C=O) groups excluding carboxylic acids is 2. The van der Waals surface area contributed by atoms with E-state index in [0.29, 0.717) is 23.5 Å². The fourth-order valence-electron chi connectivity index (χ4n) is 3.21. The molecule has 0 saturated heterocycles. The molecule has 0 fully saturated rings. The Morgan fingerprint density at radius 1 is 1.17 bits per heavy atom. The maximum Gasteiger partial charge on any atom is 0.333 e. The zero-order chi connectivity index (χ0) is 22.0. The molecule has 0 aliphatic rings. The third kappa shape index (κ3) is 4.25. The fraction of sp³-hybridized carbons (Fsp3) is 0.304. The lowest BCUT2D eigenvalue weighted by Gasteiger charge is -2.10. The number of hydrogen-bond donors (Lipinski definition) is 0. The monoisotopic (exact) mass is 406 g/mol. The van der Waals surface area contributed by atoms with Crippen molar-refractivity contribution in [2.24, 2.45) is 0 Å². The Kier molecular flexibility index (Phi) is 6.01. The first kappa shape index (κ1) is 21.2. The van der Waals surface area contributed by atoms with Crippen molar-refractivity contribution in [1.82, 2.24) is 19.5 Å². The van der Waals surface area contributed by atoms with Crippen LogP contribution in [0.5, 0.6) is 0 Å². The number of rotatable bonds is 5. The molecule has 30 heavy (non-hydrogen) atoms. The van der Waals surface area contributed by atoms with Gasteiger partial charge in [-0.1, -0.05) is 18.2 Å². The molecule has 3 aromatic rings. The van der Waals surface area contributed by atoms with Gasteiger partial charge >= 0.3 is 5.97 Å². The van der Waals surface area contributed by atoms with Crippen molar-refractivity contribution >= 4 is 23.6 Å². The molecule has 0 bridgehead atoms. The SMILES string of the molecule is CCOC(=O)/C(C)=C/c1ccc(-c2cc3nc(C(=O)N(C)C)cc(C)n3n2)c(C)c1. The maximum absolute atomic E-state index is 12.3. The van der Waals surface area contributed by atoms with Gasteiger partial charge in [0.15, 0.2) is 5.65 Å². The van der Waals surface area contributed by atoms with Crippen LogP contribution in [0.1, 0.15) is 41.2 Å². The van der Waals surface area contributed by atoms with Gasteiger partial charge in [0.25, 0.3) is 5.91 Å². The summed E-state index contributed by atoms with van der Waals surface area (Å²) in [6, 6.07) is 9.54. The first-order valence-electron chi connectivity index (χ1n) is 9.76. The van der Waals surface area contributed by atoms with Crippen molar-refractivity contribution in [3.63, 3.8) is 0 Å². The molecular formula is C23H26N4O3. The van der Waals surface area contributed by atoms with Crippen LogP contribution in [-0.4, -0.2) is 52.1 Å². The van der Waals surface area contributed by atoms with Gasteiger partial charge in [0.05, 0.1) is 12.3 Å². The minimum Gasteiger partial charge on any atom is -0.463 e. The molecule has 2 heterocycles. The average Bonchev–Trinajstić information content (AvgIpc) is 3.12. The molecule has 1 amide bonds. The highest BCUT2D eigenvalue weighted by Crippen LogP contribution is 2.25. The molecular weight excluding hydrogens is 380 g/mol. The zero-order valence-corrected chi connectivity index (χ0v) is 18.2. The van der Waals surface area contributed by atoms with Crippen LogP contribution in [-0.2, 0) is 9.53 Å². The van der Waals surface area contributed by atoms with Crippen molar-refractivity contribution in [1.29, 1.82) is 0 Å². The van der Waals surface area contributed by atoms with E-state index in [9.17, 15) is 9.59 Å². The van der Waals surface area contributed by atoms with E-state index in [2.05, 4.69) is 10.1 Å². The Morgan fingerprint density at radius 3 is 2.53 bits per heavy atom. The van der Waals surface area contributed by atoms with Crippen molar-refractivity contribution < 1.29 is 14.3 Å². The first-order chi connectivity index (χ1) is 14.2. The van der Waals surface area contributed by atoms with Gasteiger partial charge < -0.3 is 9.64 Å². The molecule has 0 N–H and O–H groups in total. The molecule has 1 aromatic carbocycles. The summed E-state index contributed by atoms with van der Waals surface area (Å²) in [7, 11) is 3.41. The van der Waals surface area contributed by atoms with Crippen LogP contribution in [0.25, 0.3) is 23.0 Å². The van der Waals surface area contributed by atoms with Crippen LogP contribution in [0.2, 0.25) is 0 Å². The van der Waals surface area contributed by atoms with Crippen molar-refractivity contribution in [2.45, 2.75) is 27.7 Å². The highest BCUT2D eigenvalue weighted by Gasteiger charge is 2.15. The van der Waals surface area contributed by atoms with Gasteiger partial charge in [0.2, 0.25) is 0 Å². The molecule has 0 radical (unpaired) electrons. The number of aryl methyl sites for hydroxylation is 2. The van der Waals surface area contributed by atoms with E-state index in [0.717, 1.165) is 28.1 Å². The van der Waals surface area contributed by atoms with Crippen LogP contribution >= 0.6 is 0 Å². The molecule has 0 spiro atoms. The summed E-state index contributed by atoms with van der Waals surface area (Å²) in [6.45, 7) is 7.78. The smallest absolute Gasteiger partial charge is 0.333 e. The number of aromatic nitrogens is 3. The van der Waals surface area contributed by atoms with Gasteiger partial charge in [-0.15, -0.1) is 0 Å². The van der Waals surface area contributed by atoms with E-state index >= 15 is 0 Å². The minimum absolute atomic E-state index is 0.146. The van der Waals surface area contributed by atoms with E-state index in [1.54, 1.807) is 38.5 Å². The summed E-state index contributed by atoms with van der Waals surface area (Å²) >= 11 is 0. The van der Waals surface area contributed by atoms with Gasteiger partial charge in [-0.05, 0) is 51.0 Å². The van der Waals surface area contributed by atoms with E-state index in [1.165, 1.54) is 4.90 Å². The molecule has 7 heteroatoms. The lowest BCUT2D eigenvalue weighted by atomic mass is 10.0. The Labute approximate surface area is 176 Å². The normalized spacial score (nSPS) is 11.6. The van der Waals surface area contributed by atoms with Gasteiger partial charge in [-0.25, -0.2) is 14.3 Å². The summed E-state index contributed by atoms with van der Waals surface area (Å²) in [6.07, 6.45) is 1.81. The molecule has 0 unspecified atom stereocenters. The first-order valence-corrected chi connectivity index (χ1v) is 9.76. The van der Waals surface area contributed by atoms with Crippen molar-refractivity contribution in [3.05, 3.63) is 58.4 Å². The molecule has 156 valence electrons. The van der Waals surface area contributed by atoms with E-state index in [1.807, 2.05) is 44.2 Å². The highest BCUT2D eigenvalue weighted by molar-refractivity contribution is 5.93. The minimum atomic E-state index is -0.316. The van der Waals surface area contributed by atoms with E-state index in [-0.39, 0.29) is 11.9 Å². The van der Waals surface area contributed by atoms with E-state index in [4.69, 9.17) is 4.74 Å². The lowest BCUT2D eigenvalue weighted by Crippen LogP contribution is -2.23. The third-order valence-corrected chi connectivity index (χ3v) is 4.74. The Hall–Kier alpha value is -3.48. The Morgan fingerprint density at radius 2 is 1.90 bits per heavy atom. The van der Waals surface area contributed by atoms with Gasteiger partial charge in [0, 0.05) is 37.0 Å². The standard InChI is InChI=1S/C23H26N4O3/c1-7-30-23(29)15(3)11-17-8-9-18(14(2)10-17)19-13-21-24-20(22(28)26(5)6)12-16(4)27(21)25-19/h8-13H,7H2,1-6H3/b15-11+. The number of ether oxygens (including phenoxy) is 1. The Bertz CT molecular complexity index is 1160. The summed E-state index contributed by atoms with van der Waals surface area (Å²) in [4.78, 5) is 30.1. The average molecular weight is 406 g/mol. The second-order valence-electron chi connectivity index (χ2n) is 7.40. The van der Waals surface area contributed by atoms with Crippen LogP contribution in [0.15, 0.2) is 35.9 Å². The third-order valence-electron chi connectivity index (χ3n) is 4.74. The molecule has 0 saturated carbocycles. The molecule has 7 nitrogen and oxygen atoms in total. The largest absolute Gasteiger partial charge is 0.463 e. The summed E-state index contributed by atoms with van der Waals surface area (Å²) in [5.74, 6) is -0.461. The van der Waals surface area contributed by atoms with Crippen LogP contribution in [0.3, 0.4) is 0 Å². The molecule has 3 rings (SSSR count). The number of benzene rings is 1.